The molecule has 0 saturated carbocycles. The van der Waals surface area contributed by atoms with Gasteiger partial charge in [0, 0.05) is 41.3 Å². The summed E-state index contributed by atoms with van der Waals surface area (Å²) < 4.78 is 2.12. The fourth-order valence-corrected chi connectivity index (χ4v) is 4.95. The molecule has 0 amide bonds. The molecule has 6 rings (SSSR count). The van der Waals surface area contributed by atoms with Crippen molar-refractivity contribution in [2.45, 2.75) is 13.8 Å². The molecule has 1 heterocycles. The van der Waals surface area contributed by atoms with Gasteiger partial charge in [-0.3, -0.25) is 0 Å². The van der Waals surface area contributed by atoms with E-state index in [4.69, 9.17) is 0 Å². The van der Waals surface area contributed by atoms with Gasteiger partial charge in [-0.25, -0.2) is 0 Å². The van der Waals surface area contributed by atoms with Gasteiger partial charge in [0.05, 0.1) is 0 Å². The molecule has 0 bridgehead atoms. The molecule has 2 heteroatoms. The van der Waals surface area contributed by atoms with Crippen LogP contribution in [0.3, 0.4) is 0 Å². The molecule has 6 aromatic rings. The minimum absolute atomic E-state index is 1.14. The van der Waals surface area contributed by atoms with E-state index < -0.39 is 0 Å². The first kappa shape index (κ1) is 26.0. The fourth-order valence-electron chi connectivity index (χ4n) is 4.95. The third kappa shape index (κ3) is 6.18. The quantitative estimate of drug-likeness (QED) is 0.147. The highest BCUT2D eigenvalue weighted by molar-refractivity contribution is 5.78. The third-order valence-corrected chi connectivity index (χ3v) is 7.33. The van der Waals surface area contributed by atoms with Crippen LogP contribution >= 0.6 is 0 Å². The van der Waals surface area contributed by atoms with Crippen LogP contribution in [-0.4, -0.2) is 0 Å². The summed E-state index contributed by atoms with van der Waals surface area (Å²) in [6, 6.07) is 49.7. The molecule has 1 aromatic heterocycles. The van der Waals surface area contributed by atoms with Crippen LogP contribution in [0.15, 0.2) is 152 Å². The summed E-state index contributed by atoms with van der Waals surface area (Å²) in [4.78, 5) is 2.30. The first-order chi connectivity index (χ1) is 20.1. The second-order valence-electron chi connectivity index (χ2n) is 10.4. The zero-order valence-corrected chi connectivity index (χ0v) is 23.5. The number of hydrogen-bond acceptors (Lipinski definition) is 1. The number of nitrogens with zero attached hydrogens (tertiary/aromatic N) is 2. The molecule has 0 atom stereocenters. The second kappa shape index (κ2) is 11.9. The number of pyridine rings is 1. The Kier molecular flexibility index (Phi) is 7.55. The Morgan fingerprint density at radius 2 is 0.829 bits per heavy atom. The van der Waals surface area contributed by atoms with E-state index in [1.54, 1.807) is 0 Å². The van der Waals surface area contributed by atoms with Gasteiger partial charge in [0.1, 0.15) is 0 Å². The maximum Gasteiger partial charge on any atom is 0.210 e. The lowest BCUT2D eigenvalue weighted by Gasteiger charge is -2.25. The maximum atomic E-state index is 2.30. The van der Waals surface area contributed by atoms with Crippen molar-refractivity contribution in [1.29, 1.82) is 0 Å². The van der Waals surface area contributed by atoms with Crippen LogP contribution in [-0.2, 0) is 0 Å². The Balaban J connectivity index is 1.17. The average molecular weight is 530 g/mol. The maximum absolute atomic E-state index is 2.30. The fraction of sp³-hybridized carbons (Fsp3) is 0.0513. The minimum Gasteiger partial charge on any atom is -0.311 e. The summed E-state index contributed by atoms with van der Waals surface area (Å²) in [5.41, 5.74) is 11.9. The van der Waals surface area contributed by atoms with Crippen molar-refractivity contribution in [2.24, 2.45) is 0 Å². The van der Waals surface area contributed by atoms with E-state index in [2.05, 4.69) is 169 Å². The topological polar surface area (TPSA) is 7.12 Å². The van der Waals surface area contributed by atoms with Crippen LogP contribution in [0, 0.1) is 13.8 Å². The number of aromatic nitrogens is 1. The van der Waals surface area contributed by atoms with Crippen LogP contribution < -0.4 is 9.47 Å². The number of hydrogen-bond donors (Lipinski definition) is 0. The molecular formula is C39H33N2+. The SMILES string of the molecule is Cc1ccc(N(c2ccc(C)cc2)c2ccc(C=Cc3ccc(-c4ccc(-[n+]5ccccc5)cc4)cc3)cc2)cc1. The molecular weight excluding hydrogens is 496 g/mol. The molecule has 2 nitrogen and oxygen atoms in total. The Labute approximate surface area is 243 Å². The van der Waals surface area contributed by atoms with Gasteiger partial charge >= 0.3 is 0 Å². The third-order valence-electron chi connectivity index (χ3n) is 7.33. The molecule has 0 spiro atoms. The lowest BCUT2D eigenvalue weighted by Crippen LogP contribution is -2.28. The number of rotatable bonds is 7. The Hall–Kier alpha value is -5.21. The van der Waals surface area contributed by atoms with Gasteiger partial charge in [-0.05, 0) is 84.6 Å². The van der Waals surface area contributed by atoms with Crippen LogP contribution in [0.5, 0.6) is 0 Å². The standard InChI is InChI=1S/C39H33N2/c1-30-6-20-37(21-7-30)41(38-22-8-31(2)9-23-38)39-24-14-33(15-25-39)11-10-32-12-16-34(17-13-32)35-18-26-36(27-19-35)40-28-4-3-5-29-40/h3-29H,1-2H3/q+1. The summed E-state index contributed by atoms with van der Waals surface area (Å²) in [7, 11) is 0. The Morgan fingerprint density at radius 3 is 1.29 bits per heavy atom. The number of benzene rings is 5. The number of anilines is 3. The predicted molar refractivity (Wildman–Crippen MR) is 173 cm³/mol. The van der Waals surface area contributed by atoms with Crippen molar-refractivity contribution >= 4 is 29.2 Å². The van der Waals surface area contributed by atoms with Crippen molar-refractivity contribution in [3.63, 3.8) is 0 Å². The van der Waals surface area contributed by atoms with Crippen LogP contribution in [0.4, 0.5) is 17.1 Å². The van der Waals surface area contributed by atoms with E-state index in [0.717, 1.165) is 22.7 Å². The Morgan fingerprint density at radius 1 is 0.439 bits per heavy atom. The van der Waals surface area contributed by atoms with Crippen LogP contribution in [0.2, 0.25) is 0 Å². The van der Waals surface area contributed by atoms with Crippen molar-refractivity contribution < 1.29 is 4.57 Å². The van der Waals surface area contributed by atoms with E-state index >= 15 is 0 Å². The second-order valence-corrected chi connectivity index (χ2v) is 10.4. The summed E-state index contributed by atoms with van der Waals surface area (Å²) in [6.07, 6.45) is 8.47. The molecule has 0 radical (unpaired) electrons. The van der Waals surface area contributed by atoms with E-state index in [1.165, 1.54) is 33.4 Å². The molecule has 0 N–H and O–H groups in total. The zero-order chi connectivity index (χ0) is 28.0. The molecule has 0 fully saturated rings. The van der Waals surface area contributed by atoms with Crippen LogP contribution in [0.1, 0.15) is 22.3 Å². The van der Waals surface area contributed by atoms with Crippen molar-refractivity contribution in [1.82, 2.24) is 0 Å². The summed E-state index contributed by atoms with van der Waals surface area (Å²) in [5, 5.41) is 0. The molecule has 41 heavy (non-hydrogen) atoms. The summed E-state index contributed by atoms with van der Waals surface area (Å²) in [6.45, 7) is 4.24. The minimum atomic E-state index is 1.14. The largest absolute Gasteiger partial charge is 0.311 e. The van der Waals surface area contributed by atoms with Gasteiger partial charge in [-0.1, -0.05) is 90.0 Å². The summed E-state index contributed by atoms with van der Waals surface area (Å²) >= 11 is 0. The van der Waals surface area contributed by atoms with Crippen molar-refractivity contribution in [3.8, 4) is 16.8 Å². The zero-order valence-electron chi connectivity index (χ0n) is 23.5. The average Bonchev–Trinajstić information content (AvgIpc) is 3.03. The van der Waals surface area contributed by atoms with E-state index in [-0.39, 0.29) is 0 Å². The van der Waals surface area contributed by atoms with Gasteiger partial charge in [0.25, 0.3) is 0 Å². The molecule has 0 saturated heterocycles. The monoisotopic (exact) mass is 529 g/mol. The first-order valence-corrected chi connectivity index (χ1v) is 14.0. The van der Waals surface area contributed by atoms with Crippen molar-refractivity contribution in [2.75, 3.05) is 4.90 Å². The van der Waals surface area contributed by atoms with E-state index in [0.29, 0.717) is 0 Å². The van der Waals surface area contributed by atoms with Gasteiger partial charge in [0.2, 0.25) is 5.69 Å². The molecule has 198 valence electrons. The summed E-state index contributed by atoms with van der Waals surface area (Å²) in [5.74, 6) is 0. The van der Waals surface area contributed by atoms with Gasteiger partial charge in [-0.15, -0.1) is 0 Å². The molecule has 5 aromatic carbocycles. The molecule has 0 aliphatic heterocycles. The van der Waals surface area contributed by atoms with Gasteiger partial charge < -0.3 is 4.90 Å². The highest BCUT2D eigenvalue weighted by Crippen LogP contribution is 2.35. The van der Waals surface area contributed by atoms with E-state index in [1.807, 2.05) is 18.2 Å². The van der Waals surface area contributed by atoms with E-state index in [9.17, 15) is 0 Å². The van der Waals surface area contributed by atoms with Gasteiger partial charge in [-0.2, -0.15) is 4.57 Å². The normalized spacial score (nSPS) is 11.1. The molecule has 0 aliphatic rings. The smallest absolute Gasteiger partial charge is 0.210 e. The highest BCUT2D eigenvalue weighted by atomic mass is 15.1. The molecule has 0 unspecified atom stereocenters. The Bertz CT molecular complexity index is 1690. The first-order valence-electron chi connectivity index (χ1n) is 14.0. The lowest BCUT2D eigenvalue weighted by atomic mass is 10.0. The van der Waals surface area contributed by atoms with Crippen LogP contribution in [0.25, 0.3) is 29.0 Å². The van der Waals surface area contributed by atoms with Gasteiger partial charge in [0.15, 0.2) is 12.4 Å². The predicted octanol–water partition coefficient (Wildman–Crippen LogP) is 9.89. The van der Waals surface area contributed by atoms with Crippen molar-refractivity contribution in [3.05, 3.63) is 174 Å². The highest BCUT2D eigenvalue weighted by Gasteiger charge is 2.12. The number of aryl methyl sites for hydroxylation is 2. The lowest BCUT2D eigenvalue weighted by molar-refractivity contribution is -0.595. The molecule has 0 aliphatic carbocycles.